The van der Waals surface area contributed by atoms with Gasteiger partial charge in [-0.25, -0.2) is 0 Å². The number of aromatic nitrogens is 2. The number of nitrogens with zero attached hydrogens (tertiary/aromatic N) is 2. The van der Waals surface area contributed by atoms with E-state index in [0.29, 0.717) is 19.1 Å². The van der Waals surface area contributed by atoms with Crippen LogP contribution in [0.2, 0.25) is 0 Å². The number of methoxy groups -OCH3 is 1. The highest BCUT2D eigenvalue weighted by Gasteiger charge is 2.22. The molecule has 0 aromatic carbocycles. The van der Waals surface area contributed by atoms with Gasteiger partial charge in [-0.15, -0.1) is 0 Å². The number of carbonyl (C=O) groups is 1. The van der Waals surface area contributed by atoms with E-state index in [9.17, 15) is 4.79 Å². The van der Waals surface area contributed by atoms with E-state index >= 15 is 0 Å². The summed E-state index contributed by atoms with van der Waals surface area (Å²) in [6, 6.07) is 0. The number of hydrogen-bond donors (Lipinski definition) is 2. The number of hydrogen-bond acceptors (Lipinski definition) is 4. The molecule has 1 aliphatic rings. The Morgan fingerprint density at radius 2 is 2.19 bits per heavy atom. The molecule has 0 radical (unpaired) electrons. The maximum absolute atomic E-state index is 11.9. The maximum Gasteiger partial charge on any atom is 0.241 e. The van der Waals surface area contributed by atoms with E-state index in [1.807, 2.05) is 13.8 Å². The second kappa shape index (κ2) is 7.56. The number of carbonyl (C=O) groups excluding carboxylic acids is 1. The van der Waals surface area contributed by atoms with Crippen molar-refractivity contribution in [3.8, 4) is 0 Å². The third-order valence-corrected chi connectivity index (χ3v) is 3.89. The van der Waals surface area contributed by atoms with Crippen LogP contribution in [0.1, 0.15) is 29.8 Å². The zero-order valence-electron chi connectivity index (χ0n) is 13.2. The molecule has 0 unspecified atom stereocenters. The molecule has 1 aromatic heterocycles. The summed E-state index contributed by atoms with van der Waals surface area (Å²) in [5, 5.41) is 10.8. The lowest BCUT2D eigenvalue weighted by Crippen LogP contribution is -2.30. The van der Waals surface area contributed by atoms with Gasteiger partial charge in [0.1, 0.15) is 6.54 Å². The van der Waals surface area contributed by atoms with Gasteiger partial charge in [-0.1, -0.05) is 0 Å². The molecule has 2 N–H and O–H groups in total. The Hall–Kier alpha value is -1.40. The molecule has 0 atom stereocenters. The molecule has 21 heavy (non-hydrogen) atoms. The molecular weight excluding hydrogens is 268 g/mol. The van der Waals surface area contributed by atoms with E-state index in [4.69, 9.17) is 4.74 Å². The fourth-order valence-electron chi connectivity index (χ4n) is 2.30. The van der Waals surface area contributed by atoms with Crippen LogP contribution in [-0.4, -0.2) is 42.5 Å². The maximum atomic E-state index is 11.9. The van der Waals surface area contributed by atoms with Crippen LogP contribution in [0.15, 0.2) is 0 Å². The topological polar surface area (TPSA) is 68.2 Å². The number of ether oxygens (including phenoxy) is 1. The van der Waals surface area contributed by atoms with E-state index in [2.05, 4.69) is 15.7 Å². The second-order valence-electron chi connectivity index (χ2n) is 5.72. The average molecular weight is 294 g/mol. The molecule has 118 valence electrons. The van der Waals surface area contributed by atoms with Crippen LogP contribution in [0.3, 0.4) is 0 Å². The summed E-state index contributed by atoms with van der Waals surface area (Å²) < 4.78 is 6.81. The number of rotatable bonds is 9. The molecule has 1 saturated carbocycles. The van der Waals surface area contributed by atoms with Crippen LogP contribution in [0.4, 0.5) is 0 Å². The first-order valence-corrected chi connectivity index (χ1v) is 7.61. The van der Waals surface area contributed by atoms with Crippen molar-refractivity contribution in [2.24, 2.45) is 5.92 Å². The van der Waals surface area contributed by atoms with Gasteiger partial charge in [0, 0.05) is 38.0 Å². The predicted molar refractivity (Wildman–Crippen MR) is 81.0 cm³/mol. The molecule has 0 aliphatic heterocycles. The molecule has 0 bridgehead atoms. The first kappa shape index (κ1) is 16.0. The largest absolute Gasteiger partial charge is 0.383 e. The molecule has 1 amide bonds. The Balaban J connectivity index is 1.85. The van der Waals surface area contributed by atoms with Crippen molar-refractivity contribution in [3.05, 3.63) is 17.0 Å². The van der Waals surface area contributed by atoms with Gasteiger partial charge in [0.05, 0.1) is 12.3 Å². The summed E-state index contributed by atoms with van der Waals surface area (Å²) in [7, 11) is 1.69. The third-order valence-electron chi connectivity index (χ3n) is 3.89. The highest BCUT2D eigenvalue weighted by molar-refractivity contribution is 5.75. The zero-order valence-corrected chi connectivity index (χ0v) is 13.2. The van der Waals surface area contributed by atoms with Gasteiger partial charge in [-0.05, 0) is 32.6 Å². The Morgan fingerprint density at radius 3 is 2.86 bits per heavy atom. The van der Waals surface area contributed by atoms with E-state index in [-0.39, 0.29) is 5.91 Å². The minimum Gasteiger partial charge on any atom is -0.383 e. The smallest absolute Gasteiger partial charge is 0.241 e. The van der Waals surface area contributed by atoms with Gasteiger partial charge in [0.15, 0.2) is 0 Å². The van der Waals surface area contributed by atoms with Crippen LogP contribution in [0.5, 0.6) is 0 Å². The first-order valence-electron chi connectivity index (χ1n) is 7.61. The molecule has 0 spiro atoms. The lowest BCUT2D eigenvalue weighted by atomic mass is 10.2. The summed E-state index contributed by atoms with van der Waals surface area (Å²) in [5.74, 6) is 0.751. The molecule has 1 aliphatic carbocycles. The van der Waals surface area contributed by atoms with Crippen LogP contribution in [0, 0.1) is 19.8 Å². The molecule has 1 heterocycles. The number of nitrogens with one attached hydrogen (secondary N) is 2. The molecule has 2 rings (SSSR count). The van der Waals surface area contributed by atoms with Gasteiger partial charge < -0.3 is 15.4 Å². The Morgan fingerprint density at radius 1 is 1.43 bits per heavy atom. The zero-order chi connectivity index (χ0) is 15.2. The predicted octanol–water partition coefficient (Wildman–Crippen LogP) is 0.762. The molecule has 0 saturated heterocycles. The standard InChI is InChI=1S/C15H26N4O2/c1-11-14(9-16-6-7-21-3)12(2)19(18-11)10-15(20)17-8-13-4-5-13/h13,16H,4-10H2,1-3H3,(H,17,20). The van der Waals surface area contributed by atoms with Crippen molar-refractivity contribution in [2.75, 3.05) is 26.8 Å². The van der Waals surface area contributed by atoms with E-state index in [1.54, 1.807) is 11.8 Å². The Labute approximate surface area is 126 Å². The monoisotopic (exact) mass is 294 g/mol. The second-order valence-corrected chi connectivity index (χ2v) is 5.72. The molecule has 6 nitrogen and oxygen atoms in total. The lowest BCUT2D eigenvalue weighted by molar-refractivity contribution is -0.121. The minimum atomic E-state index is 0.0476. The van der Waals surface area contributed by atoms with Crippen molar-refractivity contribution >= 4 is 5.91 Å². The van der Waals surface area contributed by atoms with Crippen molar-refractivity contribution in [3.63, 3.8) is 0 Å². The Kier molecular flexibility index (Phi) is 5.76. The molecule has 1 fully saturated rings. The van der Waals surface area contributed by atoms with Gasteiger partial charge >= 0.3 is 0 Å². The van der Waals surface area contributed by atoms with Crippen LogP contribution in [0.25, 0.3) is 0 Å². The van der Waals surface area contributed by atoms with Crippen molar-refractivity contribution in [1.82, 2.24) is 20.4 Å². The fraction of sp³-hybridized carbons (Fsp3) is 0.733. The van der Waals surface area contributed by atoms with Crippen molar-refractivity contribution in [2.45, 2.75) is 39.8 Å². The normalized spacial score (nSPS) is 14.4. The Bertz CT molecular complexity index is 480. The summed E-state index contributed by atoms with van der Waals surface area (Å²) in [6.45, 7) is 7.37. The fourth-order valence-corrected chi connectivity index (χ4v) is 2.30. The number of amides is 1. The van der Waals surface area contributed by atoms with Crippen LogP contribution in [-0.2, 0) is 22.6 Å². The first-order chi connectivity index (χ1) is 10.1. The average Bonchev–Trinajstić information content (AvgIpc) is 3.24. The van der Waals surface area contributed by atoms with Gasteiger partial charge in [-0.3, -0.25) is 9.48 Å². The van der Waals surface area contributed by atoms with Gasteiger partial charge in [-0.2, -0.15) is 5.10 Å². The van der Waals surface area contributed by atoms with E-state index in [0.717, 1.165) is 31.0 Å². The van der Waals surface area contributed by atoms with Crippen LogP contribution >= 0.6 is 0 Å². The third kappa shape index (κ3) is 4.82. The SMILES string of the molecule is COCCNCc1c(C)nn(CC(=O)NCC2CC2)c1C. The number of aryl methyl sites for hydroxylation is 1. The minimum absolute atomic E-state index is 0.0476. The highest BCUT2D eigenvalue weighted by atomic mass is 16.5. The van der Waals surface area contributed by atoms with Gasteiger partial charge in [0.2, 0.25) is 5.91 Å². The highest BCUT2D eigenvalue weighted by Crippen LogP contribution is 2.27. The molecular formula is C15H26N4O2. The van der Waals surface area contributed by atoms with Gasteiger partial charge in [0.25, 0.3) is 0 Å². The summed E-state index contributed by atoms with van der Waals surface area (Å²) in [6.07, 6.45) is 2.49. The van der Waals surface area contributed by atoms with Crippen molar-refractivity contribution < 1.29 is 9.53 Å². The molecule has 1 aromatic rings. The van der Waals surface area contributed by atoms with E-state index in [1.165, 1.54) is 18.4 Å². The van der Waals surface area contributed by atoms with Crippen LogP contribution < -0.4 is 10.6 Å². The van der Waals surface area contributed by atoms with E-state index < -0.39 is 0 Å². The van der Waals surface area contributed by atoms with Crippen molar-refractivity contribution in [1.29, 1.82) is 0 Å². The summed E-state index contributed by atoms with van der Waals surface area (Å²) in [5.41, 5.74) is 3.20. The quantitative estimate of drug-likeness (QED) is 0.660. The lowest BCUT2D eigenvalue weighted by Gasteiger charge is -2.07. The summed E-state index contributed by atoms with van der Waals surface area (Å²) in [4.78, 5) is 11.9. The molecule has 6 heteroatoms. The summed E-state index contributed by atoms with van der Waals surface area (Å²) >= 11 is 0.